The molecule has 0 aromatic carbocycles. The minimum Gasteiger partial charge on any atom is -0.487 e. The van der Waals surface area contributed by atoms with Gasteiger partial charge in [0.15, 0.2) is 0 Å². The number of halogens is 1. The van der Waals surface area contributed by atoms with Gasteiger partial charge in [0.1, 0.15) is 23.5 Å². The predicted molar refractivity (Wildman–Crippen MR) is 76.0 cm³/mol. The average Bonchev–Trinajstić information content (AvgIpc) is 2.47. The Morgan fingerprint density at radius 1 is 1.60 bits per heavy atom. The zero-order chi connectivity index (χ0) is 14.4. The largest absolute Gasteiger partial charge is 0.487 e. The predicted octanol–water partition coefficient (Wildman–Crippen LogP) is 2.14. The Morgan fingerprint density at radius 2 is 2.45 bits per heavy atom. The molecule has 1 aliphatic rings. The first kappa shape index (κ1) is 15.1. The second-order valence-electron chi connectivity index (χ2n) is 4.67. The molecule has 2 rings (SSSR count). The number of carbonyl (C=O) groups is 1. The number of nitrogens with zero attached hydrogens (tertiary/aromatic N) is 2. The van der Waals surface area contributed by atoms with E-state index in [0.717, 1.165) is 19.4 Å². The SMILES string of the molecule is CCOCC(=O)N1CCCC(Oc2ccncc2Cl)C1. The lowest BCUT2D eigenvalue weighted by Gasteiger charge is -2.33. The highest BCUT2D eigenvalue weighted by Gasteiger charge is 2.25. The van der Waals surface area contributed by atoms with E-state index in [4.69, 9.17) is 21.1 Å². The molecule has 0 radical (unpaired) electrons. The molecule has 0 aliphatic carbocycles. The van der Waals surface area contributed by atoms with Crippen LogP contribution in [-0.4, -0.2) is 48.2 Å². The topological polar surface area (TPSA) is 51.7 Å². The molecule has 0 spiro atoms. The van der Waals surface area contributed by atoms with Crippen LogP contribution >= 0.6 is 11.6 Å². The van der Waals surface area contributed by atoms with Crippen molar-refractivity contribution in [3.63, 3.8) is 0 Å². The number of hydrogen-bond donors (Lipinski definition) is 0. The fourth-order valence-electron chi connectivity index (χ4n) is 2.18. The van der Waals surface area contributed by atoms with Crippen LogP contribution in [0.25, 0.3) is 0 Å². The molecule has 6 heteroatoms. The van der Waals surface area contributed by atoms with Gasteiger partial charge in [0.25, 0.3) is 0 Å². The van der Waals surface area contributed by atoms with Gasteiger partial charge in [-0.15, -0.1) is 0 Å². The van der Waals surface area contributed by atoms with Gasteiger partial charge in [-0.1, -0.05) is 11.6 Å². The van der Waals surface area contributed by atoms with E-state index in [0.29, 0.717) is 23.9 Å². The van der Waals surface area contributed by atoms with Crippen molar-refractivity contribution < 1.29 is 14.3 Å². The third-order valence-corrected chi connectivity index (χ3v) is 3.47. The summed E-state index contributed by atoms with van der Waals surface area (Å²) in [6.45, 7) is 3.90. The van der Waals surface area contributed by atoms with Crippen LogP contribution in [0.4, 0.5) is 0 Å². The van der Waals surface area contributed by atoms with Gasteiger partial charge in [0.2, 0.25) is 5.91 Å². The molecule has 1 atom stereocenters. The van der Waals surface area contributed by atoms with E-state index in [1.807, 2.05) is 6.92 Å². The monoisotopic (exact) mass is 298 g/mol. The number of hydrogen-bond acceptors (Lipinski definition) is 4. The van der Waals surface area contributed by atoms with Crippen molar-refractivity contribution in [2.24, 2.45) is 0 Å². The Hall–Kier alpha value is -1.33. The normalized spacial score (nSPS) is 18.9. The van der Waals surface area contributed by atoms with Gasteiger partial charge in [-0.25, -0.2) is 0 Å². The maximum absolute atomic E-state index is 11.9. The number of carbonyl (C=O) groups excluding carboxylic acids is 1. The van der Waals surface area contributed by atoms with E-state index in [1.54, 1.807) is 23.4 Å². The lowest BCUT2D eigenvalue weighted by atomic mass is 10.1. The van der Waals surface area contributed by atoms with Crippen molar-refractivity contribution in [2.75, 3.05) is 26.3 Å². The van der Waals surface area contributed by atoms with Crippen LogP contribution in [0.5, 0.6) is 5.75 Å². The molecule has 1 aliphatic heterocycles. The summed E-state index contributed by atoms with van der Waals surface area (Å²) in [7, 11) is 0. The van der Waals surface area contributed by atoms with Crippen LogP contribution in [0, 0.1) is 0 Å². The first-order valence-corrected chi connectivity index (χ1v) is 7.20. The molecule has 0 saturated carbocycles. The van der Waals surface area contributed by atoms with Crippen molar-refractivity contribution in [3.05, 3.63) is 23.5 Å². The molecule has 1 unspecified atom stereocenters. The Morgan fingerprint density at radius 3 is 3.20 bits per heavy atom. The van der Waals surface area contributed by atoms with Crippen molar-refractivity contribution in [2.45, 2.75) is 25.9 Å². The molecule has 5 nitrogen and oxygen atoms in total. The second kappa shape index (κ2) is 7.45. The summed E-state index contributed by atoms with van der Waals surface area (Å²) in [5.74, 6) is 0.631. The van der Waals surface area contributed by atoms with Crippen molar-refractivity contribution in [1.82, 2.24) is 9.88 Å². The smallest absolute Gasteiger partial charge is 0.248 e. The molecular weight excluding hydrogens is 280 g/mol. The molecular formula is C14H19ClN2O3. The summed E-state index contributed by atoms with van der Waals surface area (Å²) in [4.78, 5) is 17.6. The summed E-state index contributed by atoms with van der Waals surface area (Å²) in [6, 6.07) is 1.74. The van der Waals surface area contributed by atoms with Crippen LogP contribution in [-0.2, 0) is 9.53 Å². The lowest BCUT2D eigenvalue weighted by molar-refractivity contribution is -0.138. The molecule has 1 aromatic heterocycles. The van der Waals surface area contributed by atoms with Crippen LogP contribution < -0.4 is 4.74 Å². The van der Waals surface area contributed by atoms with E-state index < -0.39 is 0 Å². The highest BCUT2D eigenvalue weighted by Crippen LogP contribution is 2.25. The van der Waals surface area contributed by atoms with Gasteiger partial charge >= 0.3 is 0 Å². The van der Waals surface area contributed by atoms with Crippen LogP contribution in [0.1, 0.15) is 19.8 Å². The summed E-state index contributed by atoms with van der Waals surface area (Å²) in [5.41, 5.74) is 0. The first-order chi connectivity index (χ1) is 9.70. The maximum atomic E-state index is 11.9. The number of piperidine rings is 1. The molecule has 0 N–H and O–H groups in total. The maximum Gasteiger partial charge on any atom is 0.248 e. The molecule has 0 bridgehead atoms. The number of ether oxygens (including phenoxy) is 2. The highest BCUT2D eigenvalue weighted by atomic mass is 35.5. The number of amides is 1. The highest BCUT2D eigenvalue weighted by molar-refractivity contribution is 6.31. The third kappa shape index (κ3) is 4.08. The van der Waals surface area contributed by atoms with Gasteiger partial charge in [0.05, 0.1) is 6.54 Å². The Kier molecular flexibility index (Phi) is 5.61. The Bertz CT molecular complexity index is 456. The number of rotatable bonds is 5. The molecule has 20 heavy (non-hydrogen) atoms. The minimum absolute atomic E-state index is 0.0148. The summed E-state index contributed by atoms with van der Waals surface area (Å²) < 4.78 is 11.0. The minimum atomic E-state index is -0.0331. The van der Waals surface area contributed by atoms with Crippen molar-refractivity contribution >= 4 is 17.5 Å². The van der Waals surface area contributed by atoms with Crippen LogP contribution in [0.3, 0.4) is 0 Å². The van der Waals surface area contributed by atoms with E-state index in [-0.39, 0.29) is 18.6 Å². The number of aromatic nitrogens is 1. The first-order valence-electron chi connectivity index (χ1n) is 6.82. The van der Waals surface area contributed by atoms with E-state index in [2.05, 4.69) is 4.98 Å². The molecule has 1 aromatic rings. The van der Waals surface area contributed by atoms with Gasteiger partial charge in [-0.3, -0.25) is 9.78 Å². The second-order valence-corrected chi connectivity index (χ2v) is 5.07. The van der Waals surface area contributed by atoms with E-state index in [1.165, 1.54) is 0 Å². The standard InChI is InChI=1S/C14H19ClN2O3/c1-2-19-10-14(18)17-7-3-4-11(9-17)20-13-5-6-16-8-12(13)15/h5-6,8,11H,2-4,7,9-10H2,1H3. The van der Waals surface area contributed by atoms with Crippen molar-refractivity contribution in [1.29, 1.82) is 0 Å². The fraction of sp³-hybridized carbons (Fsp3) is 0.571. The number of pyridine rings is 1. The van der Waals surface area contributed by atoms with E-state index >= 15 is 0 Å². The van der Waals surface area contributed by atoms with Gasteiger partial charge in [-0.05, 0) is 19.8 Å². The molecule has 1 saturated heterocycles. The van der Waals surface area contributed by atoms with Gasteiger partial charge in [0, 0.05) is 31.6 Å². The molecule has 1 amide bonds. The van der Waals surface area contributed by atoms with Gasteiger partial charge in [-0.2, -0.15) is 0 Å². The van der Waals surface area contributed by atoms with Gasteiger partial charge < -0.3 is 14.4 Å². The van der Waals surface area contributed by atoms with Crippen molar-refractivity contribution in [3.8, 4) is 5.75 Å². The average molecular weight is 299 g/mol. The summed E-state index contributed by atoms with van der Waals surface area (Å²) in [6.07, 6.45) is 5.00. The third-order valence-electron chi connectivity index (χ3n) is 3.19. The Labute approximate surface area is 123 Å². The zero-order valence-electron chi connectivity index (χ0n) is 11.5. The number of likely N-dealkylation sites (tertiary alicyclic amines) is 1. The molecule has 1 fully saturated rings. The summed E-state index contributed by atoms with van der Waals surface area (Å²) >= 11 is 6.02. The quantitative estimate of drug-likeness (QED) is 0.836. The molecule has 110 valence electrons. The van der Waals surface area contributed by atoms with Crippen LogP contribution in [0.15, 0.2) is 18.5 Å². The summed E-state index contributed by atoms with van der Waals surface area (Å²) in [5, 5.41) is 0.491. The van der Waals surface area contributed by atoms with Crippen LogP contribution in [0.2, 0.25) is 5.02 Å². The lowest BCUT2D eigenvalue weighted by Crippen LogP contribution is -2.45. The Balaban J connectivity index is 1.90. The zero-order valence-corrected chi connectivity index (χ0v) is 12.3. The van der Waals surface area contributed by atoms with E-state index in [9.17, 15) is 4.79 Å². The molecule has 2 heterocycles. The fourth-order valence-corrected chi connectivity index (χ4v) is 2.34.